The lowest BCUT2D eigenvalue weighted by atomic mass is 10.0. The van der Waals surface area contributed by atoms with Crippen molar-refractivity contribution in [1.29, 1.82) is 0 Å². The van der Waals surface area contributed by atoms with Gasteiger partial charge in [0.2, 0.25) is 0 Å². The van der Waals surface area contributed by atoms with Gasteiger partial charge in [-0.3, -0.25) is 9.48 Å². The van der Waals surface area contributed by atoms with Gasteiger partial charge < -0.3 is 0 Å². The van der Waals surface area contributed by atoms with Gasteiger partial charge in [-0.15, -0.1) is 0 Å². The molecular weight excluding hydrogens is 214 g/mol. The van der Waals surface area contributed by atoms with E-state index in [1.807, 2.05) is 31.2 Å². The Morgan fingerprint density at radius 2 is 2.18 bits per heavy atom. The molecule has 0 N–H and O–H groups in total. The Kier molecular flexibility index (Phi) is 3.32. The van der Waals surface area contributed by atoms with Crippen molar-refractivity contribution >= 4 is 5.78 Å². The summed E-state index contributed by atoms with van der Waals surface area (Å²) in [5, 5.41) is 3.94. The first-order valence-electron chi connectivity index (χ1n) is 5.55. The van der Waals surface area contributed by atoms with Crippen molar-refractivity contribution in [2.45, 2.75) is 19.8 Å². The summed E-state index contributed by atoms with van der Waals surface area (Å²) in [4.78, 5) is 15.9. The molecular formula is C13H15N3O. The summed E-state index contributed by atoms with van der Waals surface area (Å²) in [7, 11) is 1.79. The summed E-state index contributed by atoms with van der Waals surface area (Å²) in [6.45, 7) is 2.02. The molecule has 0 aliphatic rings. The lowest BCUT2D eigenvalue weighted by molar-refractivity contribution is -0.117. The number of ketones is 1. The largest absolute Gasteiger partial charge is 0.299 e. The smallest absolute Gasteiger partial charge is 0.144 e. The Labute approximate surface area is 100 Å². The van der Waals surface area contributed by atoms with Crippen LogP contribution in [-0.4, -0.2) is 20.5 Å². The van der Waals surface area contributed by atoms with Gasteiger partial charge in [-0.1, -0.05) is 29.8 Å². The van der Waals surface area contributed by atoms with E-state index < -0.39 is 0 Å². The van der Waals surface area contributed by atoms with E-state index in [9.17, 15) is 4.79 Å². The highest BCUT2D eigenvalue weighted by Gasteiger charge is 2.09. The molecule has 2 aromatic rings. The SMILES string of the molecule is Cc1cccc(CC(=O)Cc2ncnn2C)c1. The van der Waals surface area contributed by atoms with E-state index in [-0.39, 0.29) is 5.78 Å². The number of nitrogens with zero attached hydrogens (tertiary/aromatic N) is 3. The van der Waals surface area contributed by atoms with Gasteiger partial charge in [-0.2, -0.15) is 5.10 Å². The maximum Gasteiger partial charge on any atom is 0.144 e. The zero-order chi connectivity index (χ0) is 12.3. The summed E-state index contributed by atoms with van der Waals surface area (Å²) in [6, 6.07) is 8.01. The standard InChI is InChI=1S/C13H15N3O/c1-10-4-3-5-11(6-10)7-12(17)8-13-14-9-15-16(13)2/h3-6,9H,7-8H2,1-2H3. The molecule has 1 aromatic heterocycles. The fraction of sp³-hybridized carbons (Fsp3) is 0.308. The van der Waals surface area contributed by atoms with Crippen LogP contribution in [0.3, 0.4) is 0 Å². The number of hydrogen-bond donors (Lipinski definition) is 0. The van der Waals surface area contributed by atoms with Gasteiger partial charge in [0.25, 0.3) is 0 Å². The second-order valence-corrected chi connectivity index (χ2v) is 4.18. The number of carbonyl (C=O) groups excluding carboxylic acids is 1. The highest BCUT2D eigenvalue weighted by molar-refractivity contribution is 5.82. The second-order valence-electron chi connectivity index (χ2n) is 4.18. The van der Waals surface area contributed by atoms with E-state index >= 15 is 0 Å². The van der Waals surface area contributed by atoms with E-state index in [4.69, 9.17) is 0 Å². The fourth-order valence-electron chi connectivity index (χ4n) is 1.77. The van der Waals surface area contributed by atoms with Crippen molar-refractivity contribution < 1.29 is 4.79 Å². The van der Waals surface area contributed by atoms with Crippen LogP contribution in [0.4, 0.5) is 0 Å². The fourth-order valence-corrected chi connectivity index (χ4v) is 1.77. The quantitative estimate of drug-likeness (QED) is 0.797. The molecule has 17 heavy (non-hydrogen) atoms. The Morgan fingerprint density at radius 1 is 1.35 bits per heavy atom. The Bertz CT molecular complexity index is 531. The molecule has 1 aromatic carbocycles. The summed E-state index contributed by atoms with van der Waals surface area (Å²) >= 11 is 0. The Morgan fingerprint density at radius 3 is 2.82 bits per heavy atom. The lowest BCUT2D eigenvalue weighted by Crippen LogP contribution is -2.11. The van der Waals surface area contributed by atoms with Gasteiger partial charge in [0.15, 0.2) is 0 Å². The topological polar surface area (TPSA) is 47.8 Å². The van der Waals surface area contributed by atoms with Gasteiger partial charge in [-0.05, 0) is 12.5 Å². The minimum absolute atomic E-state index is 0.159. The average molecular weight is 229 g/mol. The first kappa shape index (κ1) is 11.5. The molecule has 0 saturated carbocycles. The van der Waals surface area contributed by atoms with Crippen LogP contribution in [0, 0.1) is 6.92 Å². The second kappa shape index (κ2) is 4.91. The van der Waals surface area contributed by atoms with E-state index in [1.165, 1.54) is 11.9 Å². The zero-order valence-corrected chi connectivity index (χ0v) is 10.1. The number of rotatable bonds is 4. The number of carbonyl (C=O) groups is 1. The average Bonchev–Trinajstić information content (AvgIpc) is 2.64. The highest BCUT2D eigenvalue weighted by atomic mass is 16.1. The number of hydrogen-bond acceptors (Lipinski definition) is 3. The van der Waals surface area contributed by atoms with Gasteiger partial charge in [0.1, 0.15) is 17.9 Å². The van der Waals surface area contributed by atoms with Crippen LogP contribution in [0.2, 0.25) is 0 Å². The minimum atomic E-state index is 0.159. The van der Waals surface area contributed by atoms with Gasteiger partial charge in [0.05, 0.1) is 6.42 Å². The van der Waals surface area contributed by atoms with Crippen LogP contribution in [0.25, 0.3) is 0 Å². The van der Waals surface area contributed by atoms with Crippen molar-refractivity contribution in [3.05, 3.63) is 47.5 Å². The van der Waals surface area contributed by atoms with Crippen LogP contribution in [-0.2, 0) is 24.7 Å². The van der Waals surface area contributed by atoms with E-state index in [2.05, 4.69) is 10.1 Å². The van der Waals surface area contributed by atoms with Gasteiger partial charge >= 0.3 is 0 Å². The minimum Gasteiger partial charge on any atom is -0.299 e. The van der Waals surface area contributed by atoms with Crippen LogP contribution in [0.1, 0.15) is 17.0 Å². The van der Waals surface area contributed by atoms with Crippen molar-refractivity contribution in [2.24, 2.45) is 7.05 Å². The van der Waals surface area contributed by atoms with Crippen LogP contribution in [0.15, 0.2) is 30.6 Å². The number of Topliss-reactive ketones (excluding diaryl/α,β-unsaturated/α-hetero) is 1. The molecule has 0 saturated heterocycles. The van der Waals surface area contributed by atoms with Crippen LogP contribution in [0.5, 0.6) is 0 Å². The van der Waals surface area contributed by atoms with Gasteiger partial charge in [-0.25, -0.2) is 4.98 Å². The number of aryl methyl sites for hydroxylation is 2. The highest BCUT2D eigenvalue weighted by Crippen LogP contribution is 2.06. The number of aromatic nitrogens is 3. The predicted octanol–water partition coefficient (Wildman–Crippen LogP) is 1.48. The first-order chi connectivity index (χ1) is 8.15. The molecule has 0 aliphatic heterocycles. The molecule has 0 spiro atoms. The maximum absolute atomic E-state index is 11.9. The Balaban J connectivity index is 2.01. The lowest BCUT2D eigenvalue weighted by Gasteiger charge is -2.02. The molecule has 0 radical (unpaired) electrons. The normalized spacial score (nSPS) is 10.5. The molecule has 2 rings (SSSR count). The molecule has 0 unspecified atom stereocenters. The van der Waals surface area contributed by atoms with E-state index in [0.29, 0.717) is 18.7 Å². The molecule has 0 amide bonds. The molecule has 88 valence electrons. The molecule has 0 aliphatic carbocycles. The van der Waals surface area contributed by atoms with E-state index in [0.717, 1.165) is 5.56 Å². The summed E-state index contributed by atoms with van der Waals surface area (Å²) in [5.74, 6) is 0.870. The summed E-state index contributed by atoms with van der Waals surface area (Å²) < 4.78 is 1.63. The molecule has 4 heteroatoms. The van der Waals surface area contributed by atoms with Crippen molar-refractivity contribution in [2.75, 3.05) is 0 Å². The molecule has 0 bridgehead atoms. The molecule has 0 atom stereocenters. The molecule has 1 heterocycles. The monoisotopic (exact) mass is 229 g/mol. The third-order valence-electron chi connectivity index (χ3n) is 2.64. The summed E-state index contributed by atoms with van der Waals surface area (Å²) in [5.41, 5.74) is 2.23. The third-order valence-corrected chi connectivity index (χ3v) is 2.64. The molecule has 0 fully saturated rings. The molecule has 4 nitrogen and oxygen atoms in total. The number of benzene rings is 1. The van der Waals surface area contributed by atoms with Crippen molar-refractivity contribution in [1.82, 2.24) is 14.8 Å². The van der Waals surface area contributed by atoms with Crippen molar-refractivity contribution in [3.63, 3.8) is 0 Å². The van der Waals surface area contributed by atoms with Crippen molar-refractivity contribution in [3.8, 4) is 0 Å². The summed E-state index contributed by atoms with van der Waals surface area (Å²) in [6.07, 6.45) is 2.26. The predicted molar refractivity (Wildman–Crippen MR) is 64.6 cm³/mol. The Hall–Kier alpha value is -1.97. The first-order valence-corrected chi connectivity index (χ1v) is 5.55. The van der Waals surface area contributed by atoms with Gasteiger partial charge in [0, 0.05) is 13.5 Å². The van der Waals surface area contributed by atoms with Crippen LogP contribution < -0.4 is 0 Å². The van der Waals surface area contributed by atoms with Crippen LogP contribution >= 0.6 is 0 Å². The third kappa shape index (κ3) is 3.00. The zero-order valence-electron chi connectivity index (χ0n) is 10.1. The maximum atomic E-state index is 11.9. The van der Waals surface area contributed by atoms with E-state index in [1.54, 1.807) is 11.7 Å².